The predicted octanol–water partition coefficient (Wildman–Crippen LogP) is 4.17. The van der Waals surface area contributed by atoms with Crippen LogP contribution in [0.3, 0.4) is 0 Å². The Labute approximate surface area is 256 Å². The molecule has 0 spiro atoms. The molecular weight excluding hydrogens is 634 g/mol. The summed E-state index contributed by atoms with van der Waals surface area (Å²) >= 11 is 0. The van der Waals surface area contributed by atoms with Crippen molar-refractivity contribution in [1.29, 1.82) is 0 Å². The van der Waals surface area contributed by atoms with E-state index in [0.717, 1.165) is 28.9 Å². The number of aromatic amines is 1. The van der Waals surface area contributed by atoms with Gasteiger partial charge in [0.15, 0.2) is 0 Å². The SMILES string of the molecule is COc1ccc2c(c1)C[C@H](C(=O)Nc1ccc(-c3cn[nH]c3)cc1OC1CCOC1)NC2.O=C(O)C(F)(F)F.O=C(O)C(F)(F)F. The van der Waals surface area contributed by atoms with Gasteiger partial charge in [0.2, 0.25) is 5.91 Å². The Kier molecular flexibility index (Phi) is 12.0. The fraction of sp³-hybridized carbons (Fsp3) is 0.357. The minimum absolute atomic E-state index is 0.0302. The largest absolute Gasteiger partial charge is 0.497 e. The molecule has 1 aromatic heterocycles. The van der Waals surface area contributed by atoms with Gasteiger partial charge in [-0.15, -0.1) is 0 Å². The van der Waals surface area contributed by atoms with Crippen LogP contribution in [0.5, 0.6) is 11.5 Å². The number of alkyl halides is 6. The third kappa shape index (κ3) is 10.4. The molecule has 0 bridgehead atoms. The number of anilines is 1. The third-order valence-corrected chi connectivity index (χ3v) is 6.43. The van der Waals surface area contributed by atoms with Crippen molar-refractivity contribution < 1.29 is 65.1 Å². The Balaban J connectivity index is 0.000000345. The molecule has 0 saturated carbocycles. The van der Waals surface area contributed by atoms with Gasteiger partial charge in [0.1, 0.15) is 17.6 Å². The number of aromatic nitrogens is 2. The number of carboxylic acids is 2. The molecule has 18 heteroatoms. The summed E-state index contributed by atoms with van der Waals surface area (Å²) < 4.78 is 80.5. The van der Waals surface area contributed by atoms with Crippen LogP contribution in [-0.2, 0) is 32.1 Å². The van der Waals surface area contributed by atoms with Crippen LogP contribution >= 0.6 is 0 Å². The van der Waals surface area contributed by atoms with E-state index in [1.165, 1.54) is 5.56 Å². The Hall–Kier alpha value is -4.84. The Morgan fingerprint density at radius 1 is 0.978 bits per heavy atom. The molecule has 2 atom stereocenters. The number of carbonyl (C=O) groups excluding carboxylic acids is 1. The highest BCUT2D eigenvalue weighted by molar-refractivity contribution is 5.97. The molecule has 2 aliphatic heterocycles. The van der Waals surface area contributed by atoms with Crippen molar-refractivity contribution in [3.63, 3.8) is 0 Å². The van der Waals surface area contributed by atoms with Crippen molar-refractivity contribution in [2.75, 3.05) is 25.6 Å². The molecule has 1 unspecified atom stereocenters. The zero-order chi connectivity index (χ0) is 34.1. The van der Waals surface area contributed by atoms with E-state index in [-0.39, 0.29) is 18.1 Å². The molecule has 12 nitrogen and oxygen atoms in total. The average Bonchev–Trinajstić information content (AvgIpc) is 3.72. The van der Waals surface area contributed by atoms with Crippen molar-refractivity contribution >= 4 is 23.5 Å². The number of benzene rings is 2. The monoisotopic (exact) mass is 662 g/mol. The van der Waals surface area contributed by atoms with E-state index in [1.807, 2.05) is 42.6 Å². The number of hydrogen-bond acceptors (Lipinski definition) is 8. The summed E-state index contributed by atoms with van der Waals surface area (Å²) in [6.07, 6.45) is -5.19. The summed E-state index contributed by atoms with van der Waals surface area (Å²) in [5.41, 5.74) is 4.87. The second-order valence-corrected chi connectivity index (χ2v) is 9.67. The third-order valence-electron chi connectivity index (χ3n) is 6.43. The first-order valence-corrected chi connectivity index (χ1v) is 13.3. The van der Waals surface area contributed by atoms with Crippen molar-refractivity contribution in [1.82, 2.24) is 15.5 Å². The highest BCUT2D eigenvalue weighted by atomic mass is 19.4. The number of carbonyl (C=O) groups is 3. The number of rotatable bonds is 6. The maximum Gasteiger partial charge on any atom is 0.490 e. The molecule has 46 heavy (non-hydrogen) atoms. The Bertz CT molecular complexity index is 1470. The molecule has 1 amide bonds. The number of carboxylic acid groups (broad SMARTS) is 2. The quantitative estimate of drug-likeness (QED) is 0.241. The van der Waals surface area contributed by atoms with Crippen LogP contribution in [0.1, 0.15) is 17.5 Å². The fourth-order valence-electron chi connectivity index (χ4n) is 4.12. The summed E-state index contributed by atoms with van der Waals surface area (Å²) in [4.78, 5) is 30.9. The molecule has 2 aliphatic rings. The summed E-state index contributed by atoms with van der Waals surface area (Å²) in [7, 11) is 1.65. The summed E-state index contributed by atoms with van der Waals surface area (Å²) in [5.74, 6) is -4.18. The zero-order valence-electron chi connectivity index (χ0n) is 23.9. The van der Waals surface area contributed by atoms with Gasteiger partial charge in [-0.1, -0.05) is 12.1 Å². The molecule has 0 aliphatic carbocycles. The van der Waals surface area contributed by atoms with Crippen LogP contribution < -0.4 is 20.1 Å². The summed E-state index contributed by atoms with van der Waals surface area (Å²) in [6, 6.07) is 11.4. The van der Waals surface area contributed by atoms with E-state index in [4.69, 9.17) is 34.0 Å². The van der Waals surface area contributed by atoms with E-state index < -0.39 is 24.3 Å². The van der Waals surface area contributed by atoms with Gasteiger partial charge in [-0.2, -0.15) is 31.4 Å². The zero-order valence-corrected chi connectivity index (χ0v) is 23.9. The lowest BCUT2D eigenvalue weighted by Crippen LogP contribution is -2.44. The minimum Gasteiger partial charge on any atom is -0.497 e. The van der Waals surface area contributed by atoms with Gasteiger partial charge < -0.3 is 35.1 Å². The first-order chi connectivity index (χ1) is 21.6. The van der Waals surface area contributed by atoms with Crippen LogP contribution in [0.15, 0.2) is 48.8 Å². The number of hydrogen-bond donors (Lipinski definition) is 5. The summed E-state index contributed by atoms with van der Waals surface area (Å²) in [5, 5.41) is 27.5. The normalized spacial score (nSPS) is 17.3. The Morgan fingerprint density at radius 3 is 2.20 bits per heavy atom. The lowest BCUT2D eigenvalue weighted by Gasteiger charge is -2.26. The number of aliphatic carboxylic acids is 2. The first kappa shape index (κ1) is 35.6. The first-order valence-electron chi connectivity index (χ1n) is 13.3. The van der Waals surface area contributed by atoms with Crippen molar-refractivity contribution in [2.24, 2.45) is 0 Å². The molecule has 3 heterocycles. The number of halogens is 6. The standard InChI is InChI=1S/C24H26N4O4.2C2HF3O2/c1-30-19-4-2-16-11-25-22(9-17(16)8-19)24(29)28-21-5-3-15(18-12-26-27-13-18)10-23(21)32-20-6-7-31-14-20;2*3-2(4,5)1(6)7/h2-5,8,10,12-13,20,22,25H,6-7,9,11,14H2,1H3,(H,26,27)(H,28,29);2*(H,6,7)/t20?,22-;;/m1../s1. The molecule has 1 saturated heterocycles. The smallest absolute Gasteiger partial charge is 0.490 e. The van der Waals surface area contributed by atoms with E-state index in [0.29, 0.717) is 37.6 Å². The number of methoxy groups -OCH3 is 1. The highest BCUT2D eigenvalue weighted by Crippen LogP contribution is 2.33. The number of ether oxygens (including phenoxy) is 3. The number of nitrogens with zero attached hydrogens (tertiary/aromatic N) is 1. The molecule has 1 fully saturated rings. The van der Waals surface area contributed by atoms with Crippen molar-refractivity contribution in [2.45, 2.75) is 43.9 Å². The van der Waals surface area contributed by atoms with Gasteiger partial charge in [0, 0.05) is 24.7 Å². The van der Waals surface area contributed by atoms with E-state index >= 15 is 0 Å². The van der Waals surface area contributed by atoms with Gasteiger partial charge in [-0.3, -0.25) is 9.89 Å². The van der Waals surface area contributed by atoms with Crippen LogP contribution in [0.4, 0.5) is 32.0 Å². The maximum absolute atomic E-state index is 13.1. The lowest BCUT2D eigenvalue weighted by molar-refractivity contribution is -0.193. The molecular formula is C28H28F6N4O8. The number of fused-ring (bicyclic) bond motifs is 1. The highest BCUT2D eigenvalue weighted by Gasteiger charge is 2.39. The van der Waals surface area contributed by atoms with Gasteiger partial charge in [0.05, 0.1) is 38.2 Å². The Morgan fingerprint density at radius 2 is 1.65 bits per heavy atom. The minimum atomic E-state index is -5.08. The molecule has 5 N–H and O–H groups in total. The number of amides is 1. The van der Waals surface area contributed by atoms with Gasteiger partial charge in [-0.25, -0.2) is 9.59 Å². The van der Waals surface area contributed by atoms with E-state index in [9.17, 15) is 31.1 Å². The van der Waals surface area contributed by atoms with Crippen LogP contribution in [0, 0.1) is 0 Å². The molecule has 5 rings (SSSR count). The van der Waals surface area contributed by atoms with Crippen LogP contribution in [-0.4, -0.2) is 83.1 Å². The second kappa shape index (κ2) is 15.4. The van der Waals surface area contributed by atoms with Gasteiger partial charge in [-0.05, 0) is 47.4 Å². The average molecular weight is 663 g/mol. The van der Waals surface area contributed by atoms with Crippen molar-refractivity contribution in [3.8, 4) is 22.6 Å². The van der Waals surface area contributed by atoms with E-state index in [2.05, 4.69) is 20.8 Å². The van der Waals surface area contributed by atoms with Crippen molar-refractivity contribution in [3.05, 3.63) is 59.9 Å². The fourth-order valence-corrected chi connectivity index (χ4v) is 4.12. The summed E-state index contributed by atoms with van der Waals surface area (Å²) in [6.45, 7) is 1.87. The molecule has 250 valence electrons. The number of nitrogens with one attached hydrogen (secondary N) is 3. The van der Waals surface area contributed by atoms with Crippen LogP contribution in [0.25, 0.3) is 11.1 Å². The van der Waals surface area contributed by atoms with E-state index in [1.54, 1.807) is 13.3 Å². The number of H-pyrrole nitrogens is 1. The lowest BCUT2D eigenvalue weighted by atomic mass is 9.95. The molecule has 3 aromatic rings. The van der Waals surface area contributed by atoms with Gasteiger partial charge >= 0.3 is 24.3 Å². The van der Waals surface area contributed by atoms with Crippen LogP contribution in [0.2, 0.25) is 0 Å². The maximum atomic E-state index is 13.1. The topological polar surface area (TPSA) is 172 Å². The molecule has 2 aromatic carbocycles. The molecule has 0 radical (unpaired) electrons. The second-order valence-electron chi connectivity index (χ2n) is 9.67. The van der Waals surface area contributed by atoms with Gasteiger partial charge in [0.25, 0.3) is 0 Å². The predicted molar refractivity (Wildman–Crippen MR) is 147 cm³/mol.